The number of carbonyl (C=O) groups excluding carboxylic acids is 1. The normalized spacial score (nSPS) is 26.7. The summed E-state index contributed by atoms with van der Waals surface area (Å²) >= 11 is 0. The van der Waals surface area contributed by atoms with Crippen molar-refractivity contribution in [3.63, 3.8) is 0 Å². The first kappa shape index (κ1) is 11.9. The summed E-state index contributed by atoms with van der Waals surface area (Å²) in [5.74, 6) is 0.847. The van der Waals surface area contributed by atoms with Gasteiger partial charge in [0.15, 0.2) is 0 Å². The first-order valence-electron chi connectivity index (χ1n) is 5.42. The third-order valence-corrected chi connectivity index (χ3v) is 6.18. The van der Waals surface area contributed by atoms with Gasteiger partial charge in [0.2, 0.25) is 0 Å². The van der Waals surface area contributed by atoms with E-state index < -0.39 is 8.07 Å². The van der Waals surface area contributed by atoms with Crippen molar-refractivity contribution in [1.82, 2.24) is 0 Å². The van der Waals surface area contributed by atoms with Gasteiger partial charge < -0.3 is 4.74 Å². The van der Waals surface area contributed by atoms with Crippen molar-refractivity contribution in [2.24, 2.45) is 5.92 Å². The number of ketones is 1. The number of rotatable bonds is 5. The quantitative estimate of drug-likeness (QED) is 0.520. The standard InChI is InChI=1S/C11H22O2Si/c1-9(2)6-10(12)7-11(8-13-11)14(3,4)5/h9H,6-8H2,1-5H3. The van der Waals surface area contributed by atoms with E-state index in [0.717, 1.165) is 6.61 Å². The van der Waals surface area contributed by atoms with Gasteiger partial charge in [-0.15, -0.1) is 0 Å². The Morgan fingerprint density at radius 2 is 1.93 bits per heavy atom. The van der Waals surface area contributed by atoms with E-state index in [4.69, 9.17) is 4.74 Å². The average molecular weight is 214 g/mol. The average Bonchev–Trinajstić information content (AvgIpc) is 2.64. The summed E-state index contributed by atoms with van der Waals surface area (Å²) in [6, 6.07) is 0. The molecule has 1 heterocycles. The van der Waals surface area contributed by atoms with E-state index in [1.807, 2.05) is 0 Å². The van der Waals surface area contributed by atoms with Crippen LogP contribution in [0.1, 0.15) is 26.7 Å². The Balaban J connectivity index is 2.49. The highest BCUT2D eigenvalue weighted by molar-refractivity contribution is 6.79. The Labute approximate surface area is 88.0 Å². The maximum atomic E-state index is 11.7. The summed E-state index contributed by atoms with van der Waals surface area (Å²) in [7, 11) is -1.33. The van der Waals surface area contributed by atoms with Crippen molar-refractivity contribution in [2.45, 2.75) is 51.6 Å². The Bertz CT molecular complexity index is 224. The molecule has 0 bridgehead atoms. The Kier molecular flexibility index (Phi) is 3.22. The molecule has 0 aromatic heterocycles. The largest absolute Gasteiger partial charge is 0.373 e. The number of epoxide rings is 1. The highest BCUT2D eigenvalue weighted by Gasteiger charge is 2.55. The van der Waals surface area contributed by atoms with Crippen molar-refractivity contribution in [1.29, 1.82) is 0 Å². The summed E-state index contributed by atoms with van der Waals surface area (Å²) in [6.45, 7) is 11.8. The molecule has 0 spiro atoms. The molecule has 1 aliphatic rings. The topological polar surface area (TPSA) is 29.6 Å². The van der Waals surface area contributed by atoms with Gasteiger partial charge in [-0.1, -0.05) is 33.5 Å². The molecule has 1 atom stereocenters. The number of hydrogen-bond acceptors (Lipinski definition) is 2. The van der Waals surface area contributed by atoms with Gasteiger partial charge in [-0.2, -0.15) is 0 Å². The van der Waals surface area contributed by atoms with Gasteiger partial charge in [0, 0.05) is 12.8 Å². The predicted octanol–water partition coefficient (Wildman–Crippen LogP) is 2.64. The second-order valence-electron chi connectivity index (χ2n) is 5.85. The molecule has 1 rings (SSSR count). The van der Waals surface area contributed by atoms with E-state index >= 15 is 0 Å². The zero-order valence-electron chi connectivity index (χ0n) is 10.0. The van der Waals surface area contributed by atoms with Crippen LogP contribution in [0.15, 0.2) is 0 Å². The Hall–Kier alpha value is -0.153. The summed E-state index contributed by atoms with van der Waals surface area (Å²) in [5, 5.41) is -0.0149. The molecule has 0 aromatic carbocycles. The molecule has 1 fully saturated rings. The molecular weight excluding hydrogens is 192 g/mol. The van der Waals surface area contributed by atoms with Crippen molar-refractivity contribution in [3.8, 4) is 0 Å². The van der Waals surface area contributed by atoms with Gasteiger partial charge in [0.25, 0.3) is 0 Å². The molecule has 1 unspecified atom stereocenters. The van der Waals surface area contributed by atoms with Crippen LogP contribution in [0, 0.1) is 5.92 Å². The number of ether oxygens (including phenoxy) is 1. The molecular formula is C11H22O2Si. The van der Waals surface area contributed by atoms with Gasteiger partial charge in [-0.3, -0.25) is 4.79 Å². The highest BCUT2D eigenvalue weighted by Crippen LogP contribution is 2.40. The molecule has 0 amide bonds. The van der Waals surface area contributed by atoms with Crippen LogP contribution in [0.25, 0.3) is 0 Å². The van der Waals surface area contributed by atoms with Crippen LogP contribution in [0.2, 0.25) is 19.6 Å². The summed E-state index contributed by atoms with van der Waals surface area (Å²) in [5.41, 5.74) is 0. The smallest absolute Gasteiger partial charge is 0.135 e. The van der Waals surface area contributed by atoms with Gasteiger partial charge in [-0.05, 0) is 5.92 Å². The first-order chi connectivity index (χ1) is 6.27. The van der Waals surface area contributed by atoms with Crippen molar-refractivity contribution in [2.75, 3.05) is 6.61 Å². The third kappa shape index (κ3) is 2.67. The van der Waals surface area contributed by atoms with Crippen LogP contribution in [0.5, 0.6) is 0 Å². The van der Waals surface area contributed by atoms with Crippen molar-refractivity contribution < 1.29 is 9.53 Å². The molecule has 0 aliphatic carbocycles. The van der Waals surface area contributed by atoms with Gasteiger partial charge in [0.05, 0.1) is 19.9 Å². The second kappa shape index (κ2) is 3.78. The number of hydrogen-bond donors (Lipinski definition) is 0. The molecule has 82 valence electrons. The van der Waals surface area contributed by atoms with Gasteiger partial charge in [0.1, 0.15) is 5.78 Å². The lowest BCUT2D eigenvalue weighted by Crippen LogP contribution is -2.43. The van der Waals surface area contributed by atoms with E-state index in [9.17, 15) is 4.79 Å². The van der Waals surface area contributed by atoms with E-state index in [-0.39, 0.29) is 5.22 Å². The van der Waals surface area contributed by atoms with E-state index in [1.54, 1.807) is 0 Å². The third-order valence-electron chi connectivity index (χ3n) is 2.98. The lowest BCUT2D eigenvalue weighted by atomic mass is 10.0. The number of carbonyl (C=O) groups is 1. The zero-order chi connectivity index (χ0) is 11.0. The van der Waals surface area contributed by atoms with E-state index in [0.29, 0.717) is 24.5 Å². The summed E-state index contributed by atoms with van der Waals surface area (Å²) in [6.07, 6.45) is 1.36. The summed E-state index contributed by atoms with van der Waals surface area (Å²) < 4.78 is 5.55. The molecule has 3 heteroatoms. The molecule has 0 saturated carbocycles. The van der Waals surface area contributed by atoms with Crippen molar-refractivity contribution in [3.05, 3.63) is 0 Å². The Morgan fingerprint density at radius 1 is 1.43 bits per heavy atom. The molecule has 0 N–H and O–H groups in total. The van der Waals surface area contributed by atoms with Gasteiger partial charge in [-0.25, -0.2) is 0 Å². The van der Waals surface area contributed by atoms with Crippen LogP contribution in [0.3, 0.4) is 0 Å². The zero-order valence-corrected chi connectivity index (χ0v) is 11.0. The number of Topliss-reactive ketones (excluding diaryl/α,β-unsaturated/α-hetero) is 1. The van der Waals surface area contributed by atoms with Crippen LogP contribution in [-0.2, 0) is 9.53 Å². The van der Waals surface area contributed by atoms with Gasteiger partial charge >= 0.3 is 0 Å². The van der Waals surface area contributed by atoms with E-state index in [2.05, 4.69) is 33.5 Å². The minimum atomic E-state index is -1.33. The molecule has 1 aliphatic heterocycles. The van der Waals surface area contributed by atoms with Crippen LogP contribution in [-0.4, -0.2) is 25.7 Å². The van der Waals surface area contributed by atoms with Crippen LogP contribution >= 0.6 is 0 Å². The minimum Gasteiger partial charge on any atom is -0.373 e. The fraction of sp³-hybridized carbons (Fsp3) is 0.909. The molecule has 14 heavy (non-hydrogen) atoms. The van der Waals surface area contributed by atoms with E-state index in [1.165, 1.54) is 0 Å². The monoisotopic (exact) mass is 214 g/mol. The molecule has 1 saturated heterocycles. The van der Waals surface area contributed by atoms with Crippen LogP contribution in [0.4, 0.5) is 0 Å². The lowest BCUT2D eigenvalue weighted by Gasteiger charge is -2.24. The summed E-state index contributed by atoms with van der Waals surface area (Å²) in [4.78, 5) is 11.7. The minimum absolute atomic E-state index is 0.0149. The Morgan fingerprint density at radius 3 is 2.21 bits per heavy atom. The fourth-order valence-electron chi connectivity index (χ4n) is 1.73. The maximum absolute atomic E-state index is 11.7. The SMILES string of the molecule is CC(C)CC(=O)CC1([Si](C)(C)C)CO1. The first-order valence-corrected chi connectivity index (χ1v) is 8.92. The maximum Gasteiger partial charge on any atom is 0.135 e. The second-order valence-corrected chi connectivity index (χ2v) is 11.3. The molecule has 0 radical (unpaired) electrons. The molecule has 0 aromatic rings. The van der Waals surface area contributed by atoms with Crippen molar-refractivity contribution >= 4 is 13.9 Å². The lowest BCUT2D eigenvalue weighted by molar-refractivity contribution is -0.120. The predicted molar refractivity (Wildman–Crippen MR) is 61.1 cm³/mol. The van der Waals surface area contributed by atoms with Crippen LogP contribution < -0.4 is 0 Å². The fourth-order valence-corrected chi connectivity index (χ4v) is 3.40. The highest BCUT2D eigenvalue weighted by atomic mass is 28.3. The molecule has 2 nitrogen and oxygen atoms in total.